The van der Waals surface area contributed by atoms with Gasteiger partial charge in [-0.25, -0.2) is 0 Å². The maximum atomic E-state index is 9.32. The first kappa shape index (κ1) is 13.0. The molecule has 1 saturated carbocycles. The molecular weight excluding hydrogens is 212 g/mol. The second-order valence-electron chi connectivity index (χ2n) is 5.61. The summed E-state index contributed by atoms with van der Waals surface area (Å²) in [5.74, 6) is 1.15. The van der Waals surface area contributed by atoms with Gasteiger partial charge < -0.3 is 10.1 Å². The van der Waals surface area contributed by atoms with E-state index in [9.17, 15) is 5.11 Å². The lowest BCUT2D eigenvalue weighted by Crippen LogP contribution is -2.48. The largest absolute Gasteiger partial charge is 0.396 e. The molecule has 0 aromatic carbocycles. The smallest absolute Gasteiger partial charge is 0.0471 e. The Balaban J connectivity index is 1.97. The van der Waals surface area contributed by atoms with Crippen molar-refractivity contribution in [2.75, 3.05) is 26.7 Å². The number of aliphatic imine (C=N–C) groups is 1. The van der Waals surface area contributed by atoms with Gasteiger partial charge >= 0.3 is 0 Å². The van der Waals surface area contributed by atoms with Crippen molar-refractivity contribution < 1.29 is 5.11 Å². The summed E-state index contributed by atoms with van der Waals surface area (Å²) in [5.41, 5.74) is 0. The Morgan fingerprint density at radius 2 is 2.06 bits per heavy atom. The minimum Gasteiger partial charge on any atom is -0.396 e. The van der Waals surface area contributed by atoms with Crippen LogP contribution in [0.5, 0.6) is 0 Å². The van der Waals surface area contributed by atoms with Gasteiger partial charge in [-0.1, -0.05) is 12.8 Å². The molecule has 2 aliphatic rings. The van der Waals surface area contributed by atoms with Crippen LogP contribution in [0.15, 0.2) is 4.99 Å². The number of likely N-dealkylation sites (tertiary alicyclic amines) is 1. The Labute approximate surface area is 105 Å². The highest BCUT2D eigenvalue weighted by Crippen LogP contribution is 2.30. The van der Waals surface area contributed by atoms with Gasteiger partial charge in [-0.05, 0) is 38.1 Å². The molecule has 3 nitrogen and oxygen atoms in total. The molecule has 17 heavy (non-hydrogen) atoms. The number of aliphatic hydroxyl groups excluding tert-OH is 1. The average molecular weight is 238 g/mol. The van der Waals surface area contributed by atoms with Crippen molar-refractivity contribution in [3.63, 3.8) is 0 Å². The fourth-order valence-corrected chi connectivity index (χ4v) is 3.51. The molecule has 2 rings (SSSR count). The second kappa shape index (κ2) is 6.50. The van der Waals surface area contributed by atoms with Gasteiger partial charge in [-0.3, -0.25) is 4.90 Å². The van der Waals surface area contributed by atoms with E-state index in [0.717, 1.165) is 6.54 Å². The van der Waals surface area contributed by atoms with Gasteiger partial charge in [0.15, 0.2) is 0 Å². The third-order valence-corrected chi connectivity index (χ3v) is 4.40. The Hall–Kier alpha value is -0.410. The molecule has 1 heterocycles. The summed E-state index contributed by atoms with van der Waals surface area (Å²) in [6, 6.07) is 0.682. The van der Waals surface area contributed by atoms with Gasteiger partial charge in [0.2, 0.25) is 0 Å². The van der Waals surface area contributed by atoms with E-state index in [0.29, 0.717) is 24.5 Å². The molecule has 1 N–H and O–H groups in total. The van der Waals surface area contributed by atoms with Crippen LogP contribution in [0.2, 0.25) is 0 Å². The molecule has 1 saturated heterocycles. The van der Waals surface area contributed by atoms with E-state index in [1.165, 1.54) is 45.1 Å². The van der Waals surface area contributed by atoms with Gasteiger partial charge in [0.25, 0.3) is 0 Å². The molecule has 3 atom stereocenters. The zero-order chi connectivity index (χ0) is 12.1. The van der Waals surface area contributed by atoms with Crippen LogP contribution in [-0.2, 0) is 0 Å². The van der Waals surface area contributed by atoms with Crippen LogP contribution in [0.3, 0.4) is 0 Å². The lowest BCUT2D eigenvalue weighted by molar-refractivity contribution is 0.0607. The highest BCUT2D eigenvalue weighted by molar-refractivity contribution is 5.61. The highest BCUT2D eigenvalue weighted by Gasteiger charge is 2.31. The molecule has 1 aliphatic carbocycles. The number of nitrogens with zero attached hydrogens (tertiary/aromatic N) is 2. The zero-order valence-corrected chi connectivity index (χ0v) is 11.0. The van der Waals surface area contributed by atoms with Crippen LogP contribution in [0.25, 0.3) is 0 Å². The average Bonchev–Trinajstić information content (AvgIpc) is 2.40. The normalized spacial score (nSPS) is 36.5. The Morgan fingerprint density at radius 3 is 2.82 bits per heavy atom. The Kier molecular flexibility index (Phi) is 4.99. The van der Waals surface area contributed by atoms with E-state index in [-0.39, 0.29) is 0 Å². The van der Waals surface area contributed by atoms with E-state index < -0.39 is 0 Å². The summed E-state index contributed by atoms with van der Waals surface area (Å²) < 4.78 is 0. The van der Waals surface area contributed by atoms with Crippen LogP contribution in [0.1, 0.15) is 38.5 Å². The van der Waals surface area contributed by atoms with Crippen molar-refractivity contribution in [2.24, 2.45) is 16.8 Å². The van der Waals surface area contributed by atoms with Crippen molar-refractivity contribution in [3.8, 4) is 0 Å². The van der Waals surface area contributed by atoms with Crippen LogP contribution in [0, 0.1) is 11.8 Å². The predicted octanol–water partition coefficient (Wildman–Crippen LogP) is 1.95. The maximum absolute atomic E-state index is 9.32. The number of hydrogen-bond acceptors (Lipinski definition) is 3. The van der Waals surface area contributed by atoms with Gasteiger partial charge in [0.05, 0.1) is 0 Å². The highest BCUT2D eigenvalue weighted by atomic mass is 16.3. The van der Waals surface area contributed by atoms with Gasteiger partial charge in [-0.2, -0.15) is 0 Å². The maximum Gasteiger partial charge on any atom is 0.0471 e. The monoisotopic (exact) mass is 238 g/mol. The van der Waals surface area contributed by atoms with Crippen molar-refractivity contribution in [3.05, 3.63) is 0 Å². The molecule has 0 amide bonds. The minimum atomic E-state index is 0.357. The lowest BCUT2D eigenvalue weighted by Gasteiger charge is -2.42. The molecule has 1 aliphatic heterocycles. The fraction of sp³-hybridized carbons (Fsp3) is 0.929. The first-order valence-electron chi connectivity index (χ1n) is 7.12. The molecule has 3 heteroatoms. The van der Waals surface area contributed by atoms with Crippen LogP contribution < -0.4 is 0 Å². The third kappa shape index (κ3) is 3.29. The molecule has 2 fully saturated rings. The van der Waals surface area contributed by atoms with Crippen LogP contribution in [0.4, 0.5) is 0 Å². The second-order valence-corrected chi connectivity index (χ2v) is 5.61. The van der Waals surface area contributed by atoms with E-state index in [4.69, 9.17) is 0 Å². The zero-order valence-electron chi connectivity index (χ0n) is 11.0. The predicted molar refractivity (Wildman–Crippen MR) is 71.5 cm³/mol. The van der Waals surface area contributed by atoms with E-state index >= 15 is 0 Å². The van der Waals surface area contributed by atoms with Crippen LogP contribution >= 0.6 is 0 Å². The van der Waals surface area contributed by atoms with Gasteiger partial charge in [0, 0.05) is 38.4 Å². The third-order valence-electron chi connectivity index (χ3n) is 4.40. The lowest BCUT2D eigenvalue weighted by atomic mass is 9.82. The summed E-state index contributed by atoms with van der Waals surface area (Å²) >= 11 is 0. The van der Waals surface area contributed by atoms with Crippen molar-refractivity contribution in [1.29, 1.82) is 0 Å². The summed E-state index contributed by atoms with van der Waals surface area (Å²) in [5, 5.41) is 9.32. The molecule has 0 spiro atoms. The summed E-state index contributed by atoms with van der Waals surface area (Å²) in [7, 11) is 1.89. The minimum absolute atomic E-state index is 0.357. The number of piperidine rings is 1. The quantitative estimate of drug-likeness (QED) is 0.763. The van der Waals surface area contributed by atoms with Gasteiger partial charge in [0.1, 0.15) is 0 Å². The molecular formula is C14H26N2O. The number of rotatable bonds is 3. The molecule has 0 aromatic rings. The summed E-state index contributed by atoms with van der Waals surface area (Å²) in [6.07, 6.45) is 9.93. The van der Waals surface area contributed by atoms with Gasteiger partial charge in [-0.15, -0.1) is 0 Å². The van der Waals surface area contributed by atoms with Crippen molar-refractivity contribution in [1.82, 2.24) is 4.90 Å². The van der Waals surface area contributed by atoms with E-state index in [1.54, 1.807) is 0 Å². The molecule has 0 aromatic heterocycles. The van der Waals surface area contributed by atoms with E-state index in [2.05, 4.69) is 16.1 Å². The number of hydrogen-bond donors (Lipinski definition) is 1. The first-order chi connectivity index (χ1) is 8.35. The molecule has 98 valence electrons. The molecule has 0 radical (unpaired) electrons. The SMILES string of the molecule is C/N=C/C1CCCC[C@@H]1N1CCC[C@@H](CO)C1. The molecule has 0 bridgehead atoms. The van der Waals surface area contributed by atoms with E-state index in [1.807, 2.05) is 7.05 Å². The molecule has 1 unspecified atom stereocenters. The Bertz CT molecular complexity index is 255. The Morgan fingerprint density at radius 1 is 1.24 bits per heavy atom. The number of aliphatic hydroxyl groups is 1. The standard InChI is InChI=1S/C14H26N2O/c1-15-9-13-6-2-3-7-14(13)16-8-4-5-12(10-16)11-17/h9,12-14,17H,2-8,10-11H2,1H3/b15-9+/t12-,13?,14+/m1/s1. The summed E-state index contributed by atoms with van der Waals surface area (Å²) in [4.78, 5) is 6.86. The summed E-state index contributed by atoms with van der Waals surface area (Å²) in [6.45, 7) is 2.67. The van der Waals surface area contributed by atoms with Crippen molar-refractivity contribution in [2.45, 2.75) is 44.6 Å². The first-order valence-corrected chi connectivity index (χ1v) is 7.12. The van der Waals surface area contributed by atoms with Crippen molar-refractivity contribution >= 4 is 6.21 Å². The fourth-order valence-electron chi connectivity index (χ4n) is 3.51. The topological polar surface area (TPSA) is 35.8 Å². The van der Waals surface area contributed by atoms with Crippen LogP contribution in [-0.4, -0.2) is 49.0 Å².